The molecule has 1 aromatic rings. The van der Waals surface area contributed by atoms with Gasteiger partial charge >= 0.3 is 5.97 Å². The van der Waals surface area contributed by atoms with Crippen molar-refractivity contribution in [2.45, 2.75) is 26.4 Å². The van der Waals surface area contributed by atoms with Crippen molar-refractivity contribution in [3.05, 3.63) is 23.3 Å². The van der Waals surface area contributed by atoms with E-state index in [1.165, 1.54) is 11.8 Å². The summed E-state index contributed by atoms with van der Waals surface area (Å²) in [5.41, 5.74) is 1.10. The minimum atomic E-state index is -0.704. The van der Waals surface area contributed by atoms with Crippen molar-refractivity contribution < 1.29 is 23.8 Å². The van der Waals surface area contributed by atoms with Gasteiger partial charge in [-0.15, -0.1) is 0 Å². The van der Waals surface area contributed by atoms with E-state index in [0.29, 0.717) is 22.6 Å². The van der Waals surface area contributed by atoms with Gasteiger partial charge in [0.1, 0.15) is 0 Å². The van der Waals surface area contributed by atoms with Gasteiger partial charge in [0.25, 0.3) is 5.91 Å². The lowest BCUT2D eigenvalue weighted by molar-refractivity contribution is -0.152. The Labute approximate surface area is 109 Å². The Morgan fingerprint density at radius 2 is 1.95 bits per heavy atom. The standard InChI is InChI=1S/C13H13NO5/c1-6(15)17-13-9-5-11-10(18-7(2)19-11)4-8(9)12(16)14(13)3/h4-5,7,13H,1-3H3/t7-,13?/m0/s1. The molecular weight excluding hydrogens is 250 g/mol. The molecule has 1 amide bonds. The minimum absolute atomic E-state index is 0.202. The van der Waals surface area contributed by atoms with Crippen LogP contribution in [0.1, 0.15) is 36.0 Å². The zero-order chi connectivity index (χ0) is 13.7. The third-order valence-corrected chi connectivity index (χ3v) is 3.15. The number of hydrogen-bond acceptors (Lipinski definition) is 5. The molecule has 0 saturated heterocycles. The van der Waals surface area contributed by atoms with Crippen LogP contribution in [0.5, 0.6) is 11.5 Å². The highest BCUT2D eigenvalue weighted by Crippen LogP contribution is 2.43. The van der Waals surface area contributed by atoms with E-state index >= 15 is 0 Å². The summed E-state index contributed by atoms with van der Waals surface area (Å²) in [6.45, 7) is 3.08. The highest BCUT2D eigenvalue weighted by atomic mass is 16.7. The molecule has 6 heteroatoms. The summed E-state index contributed by atoms with van der Waals surface area (Å²) in [5.74, 6) is 0.457. The zero-order valence-corrected chi connectivity index (χ0v) is 10.8. The average molecular weight is 263 g/mol. The monoisotopic (exact) mass is 263 g/mol. The van der Waals surface area contributed by atoms with Crippen LogP contribution in [0.3, 0.4) is 0 Å². The van der Waals surface area contributed by atoms with Crippen molar-refractivity contribution >= 4 is 11.9 Å². The third-order valence-electron chi connectivity index (χ3n) is 3.15. The molecule has 2 aliphatic rings. The fraction of sp³-hybridized carbons (Fsp3) is 0.385. The Hall–Kier alpha value is -2.24. The predicted molar refractivity (Wildman–Crippen MR) is 63.8 cm³/mol. The maximum absolute atomic E-state index is 12.1. The van der Waals surface area contributed by atoms with E-state index in [2.05, 4.69) is 0 Å². The molecule has 0 fully saturated rings. The van der Waals surface area contributed by atoms with Crippen molar-refractivity contribution in [2.75, 3.05) is 7.05 Å². The summed E-state index contributed by atoms with van der Waals surface area (Å²) in [5, 5.41) is 0. The number of hydrogen-bond donors (Lipinski definition) is 0. The van der Waals surface area contributed by atoms with E-state index in [-0.39, 0.29) is 12.2 Å². The quantitative estimate of drug-likeness (QED) is 0.717. The number of ether oxygens (including phenoxy) is 3. The summed E-state index contributed by atoms with van der Waals surface area (Å²) in [6.07, 6.45) is -1.08. The average Bonchev–Trinajstić information content (AvgIpc) is 2.79. The van der Waals surface area contributed by atoms with E-state index < -0.39 is 12.2 Å². The number of amides is 1. The largest absolute Gasteiger partial charge is 0.451 e. The van der Waals surface area contributed by atoms with Gasteiger partial charge in [0.05, 0.1) is 5.56 Å². The maximum atomic E-state index is 12.1. The number of nitrogens with zero attached hydrogens (tertiary/aromatic N) is 1. The van der Waals surface area contributed by atoms with Crippen molar-refractivity contribution in [3.8, 4) is 11.5 Å². The summed E-state index contributed by atoms with van der Waals surface area (Å²) in [6, 6.07) is 3.33. The number of carbonyl (C=O) groups excluding carboxylic acids is 2. The molecule has 2 atom stereocenters. The first-order chi connectivity index (χ1) is 8.97. The molecule has 0 aliphatic carbocycles. The first-order valence-electron chi connectivity index (χ1n) is 5.93. The summed E-state index contributed by atoms with van der Waals surface area (Å²) in [7, 11) is 1.59. The van der Waals surface area contributed by atoms with Crippen LogP contribution in [0.25, 0.3) is 0 Å². The molecule has 0 spiro atoms. The van der Waals surface area contributed by atoms with Crippen LogP contribution in [0.4, 0.5) is 0 Å². The fourth-order valence-electron chi connectivity index (χ4n) is 2.34. The lowest BCUT2D eigenvalue weighted by atomic mass is 10.1. The molecule has 0 radical (unpaired) electrons. The molecule has 1 unspecified atom stereocenters. The highest BCUT2D eigenvalue weighted by molar-refractivity contribution is 5.99. The molecule has 3 rings (SSSR count). The SMILES string of the molecule is CC(=O)OC1c2cc3c(cc2C(=O)N1C)O[C@H](C)O3. The Bertz CT molecular complexity index is 583. The summed E-state index contributed by atoms with van der Waals surface area (Å²) >= 11 is 0. The molecule has 1 aromatic carbocycles. The normalized spacial score (nSPS) is 23.5. The Morgan fingerprint density at radius 3 is 2.58 bits per heavy atom. The lowest BCUT2D eigenvalue weighted by Gasteiger charge is -2.19. The fourth-order valence-corrected chi connectivity index (χ4v) is 2.34. The van der Waals surface area contributed by atoms with E-state index in [1.54, 1.807) is 26.1 Å². The Balaban J connectivity index is 2.06. The van der Waals surface area contributed by atoms with Crippen molar-refractivity contribution in [1.29, 1.82) is 0 Å². The molecule has 2 aliphatic heterocycles. The van der Waals surface area contributed by atoms with Gasteiger partial charge < -0.3 is 19.1 Å². The van der Waals surface area contributed by atoms with Crippen LogP contribution in [0, 0.1) is 0 Å². The van der Waals surface area contributed by atoms with Crippen LogP contribution in [-0.2, 0) is 9.53 Å². The molecule has 0 saturated carbocycles. The molecule has 6 nitrogen and oxygen atoms in total. The van der Waals surface area contributed by atoms with E-state index in [9.17, 15) is 9.59 Å². The van der Waals surface area contributed by atoms with E-state index in [1.807, 2.05) is 0 Å². The second-order valence-corrected chi connectivity index (χ2v) is 4.57. The summed E-state index contributed by atoms with van der Waals surface area (Å²) < 4.78 is 16.1. The van der Waals surface area contributed by atoms with Gasteiger partial charge in [-0.3, -0.25) is 9.59 Å². The second-order valence-electron chi connectivity index (χ2n) is 4.57. The first-order valence-corrected chi connectivity index (χ1v) is 5.93. The van der Waals surface area contributed by atoms with Crippen LogP contribution in [0.2, 0.25) is 0 Å². The van der Waals surface area contributed by atoms with Crippen LogP contribution in [0.15, 0.2) is 12.1 Å². The van der Waals surface area contributed by atoms with E-state index in [4.69, 9.17) is 14.2 Å². The highest BCUT2D eigenvalue weighted by Gasteiger charge is 2.39. The minimum Gasteiger partial charge on any atom is -0.451 e. The second kappa shape index (κ2) is 3.88. The van der Waals surface area contributed by atoms with Crippen LogP contribution >= 0.6 is 0 Å². The number of benzene rings is 1. The molecule has 0 aromatic heterocycles. The smallest absolute Gasteiger partial charge is 0.304 e. The van der Waals surface area contributed by atoms with Crippen LogP contribution in [-0.4, -0.2) is 30.1 Å². The zero-order valence-electron chi connectivity index (χ0n) is 10.8. The van der Waals surface area contributed by atoms with Gasteiger partial charge in [0, 0.05) is 26.5 Å². The topological polar surface area (TPSA) is 65.1 Å². The number of esters is 1. The molecule has 100 valence electrons. The first kappa shape index (κ1) is 11.8. The lowest BCUT2D eigenvalue weighted by Crippen LogP contribution is -2.26. The molecule has 19 heavy (non-hydrogen) atoms. The van der Waals surface area contributed by atoms with Gasteiger partial charge in [-0.1, -0.05) is 0 Å². The van der Waals surface area contributed by atoms with Crippen molar-refractivity contribution in [2.24, 2.45) is 0 Å². The predicted octanol–water partition coefficient (Wildman–Crippen LogP) is 1.45. The third kappa shape index (κ3) is 1.71. The number of carbonyl (C=O) groups is 2. The molecular formula is C13H13NO5. The maximum Gasteiger partial charge on any atom is 0.304 e. The molecule has 0 N–H and O–H groups in total. The summed E-state index contributed by atoms with van der Waals surface area (Å²) in [4.78, 5) is 24.6. The van der Waals surface area contributed by atoms with Crippen molar-refractivity contribution in [1.82, 2.24) is 4.90 Å². The van der Waals surface area contributed by atoms with Gasteiger partial charge in [0.2, 0.25) is 12.5 Å². The van der Waals surface area contributed by atoms with Gasteiger partial charge in [-0.2, -0.15) is 0 Å². The van der Waals surface area contributed by atoms with Gasteiger partial charge in [-0.25, -0.2) is 0 Å². The van der Waals surface area contributed by atoms with Crippen LogP contribution < -0.4 is 9.47 Å². The molecule has 2 heterocycles. The van der Waals surface area contributed by atoms with E-state index in [0.717, 1.165) is 0 Å². The molecule has 0 bridgehead atoms. The Morgan fingerprint density at radius 1 is 1.32 bits per heavy atom. The number of rotatable bonds is 1. The van der Waals surface area contributed by atoms with Gasteiger partial charge in [0.15, 0.2) is 11.5 Å². The van der Waals surface area contributed by atoms with Crippen molar-refractivity contribution in [3.63, 3.8) is 0 Å². The van der Waals surface area contributed by atoms with Gasteiger partial charge in [-0.05, 0) is 12.1 Å². The number of fused-ring (bicyclic) bond motifs is 2. The Kier molecular flexibility index (Phi) is 2.41.